The number of hydrogen-bond donors (Lipinski definition) is 2. The van der Waals surface area contributed by atoms with Gasteiger partial charge >= 0.3 is 5.91 Å². The summed E-state index contributed by atoms with van der Waals surface area (Å²) in [4.78, 5) is 24.5. The number of nitrogens with one attached hydrogen (secondary N) is 2. The van der Waals surface area contributed by atoms with Crippen LogP contribution < -0.4 is 20.3 Å². The average Bonchev–Trinajstić information content (AvgIpc) is 3.23. The standard InChI is InChI=1S/C22H21ClN2O5/c1-3-28-15-8-10-16(11-9-15)29-14(2)21(26)24-25-22(27)20-13-12-19(30-20)17-6-4-5-7-18(17)23/h4-14H,3H2,1-2H3,(H,24,26)(H,25,27). The molecule has 2 aromatic carbocycles. The molecular formula is C22H21ClN2O5. The number of furan rings is 1. The first-order valence-electron chi connectivity index (χ1n) is 9.32. The molecule has 0 aliphatic carbocycles. The molecule has 0 bridgehead atoms. The van der Waals surface area contributed by atoms with Crippen molar-refractivity contribution in [2.75, 3.05) is 6.61 Å². The molecule has 0 saturated heterocycles. The molecule has 8 heteroatoms. The molecule has 7 nitrogen and oxygen atoms in total. The molecule has 30 heavy (non-hydrogen) atoms. The SMILES string of the molecule is CCOc1ccc(OC(C)C(=O)NNC(=O)c2ccc(-c3ccccc3Cl)o2)cc1. The zero-order chi connectivity index (χ0) is 21.5. The normalized spacial score (nSPS) is 11.4. The van der Waals surface area contributed by atoms with Gasteiger partial charge in [0.1, 0.15) is 17.3 Å². The van der Waals surface area contributed by atoms with Crippen LogP contribution in [0.15, 0.2) is 65.1 Å². The summed E-state index contributed by atoms with van der Waals surface area (Å²) in [6.07, 6.45) is -0.835. The predicted molar refractivity (Wildman–Crippen MR) is 112 cm³/mol. The number of ether oxygens (including phenoxy) is 2. The third-order valence-electron chi connectivity index (χ3n) is 4.09. The lowest BCUT2D eigenvalue weighted by atomic mass is 10.2. The number of rotatable bonds is 7. The Morgan fingerprint density at radius 1 is 1.00 bits per heavy atom. The van der Waals surface area contributed by atoms with Crippen molar-refractivity contribution in [2.45, 2.75) is 20.0 Å². The van der Waals surface area contributed by atoms with Crippen molar-refractivity contribution >= 4 is 23.4 Å². The van der Waals surface area contributed by atoms with E-state index in [2.05, 4.69) is 10.9 Å². The van der Waals surface area contributed by atoms with Gasteiger partial charge in [-0.1, -0.05) is 23.7 Å². The van der Waals surface area contributed by atoms with Crippen LogP contribution in [0, 0.1) is 0 Å². The fourth-order valence-corrected chi connectivity index (χ4v) is 2.81. The summed E-state index contributed by atoms with van der Waals surface area (Å²) in [5.74, 6) is 0.575. The molecule has 0 saturated carbocycles. The predicted octanol–water partition coefficient (Wildman–Crippen LogP) is 4.23. The summed E-state index contributed by atoms with van der Waals surface area (Å²) < 4.78 is 16.5. The number of halogens is 1. The Bertz CT molecular complexity index is 1020. The third kappa shape index (κ3) is 5.33. The lowest BCUT2D eigenvalue weighted by Gasteiger charge is -2.15. The van der Waals surface area contributed by atoms with Gasteiger partial charge in [0.25, 0.3) is 5.91 Å². The highest BCUT2D eigenvalue weighted by molar-refractivity contribution is 6.33. The summed E-state index contributed by atoms with van der Waals surface area (Å²) in [6.45, 7) is 4.03. The van der Waals surface area contributed by atoms with Crippen molar-refractivity contribution in [2.24, 2.45) is 0 Å². The van der Waals surface area contributed by atoms with Crippen molar-refractivity contribution in [3.05, 3.63) is 71.4 Å². The zero-order valence-corrected chi connectivity index (χ0v) is 17.2. The molecule has 2 amide bonds. The smallest absolute Gasteiger partial charge is 0.305 e. The second-order valence-corrected chi connectivity index (χ2v) is 6.66. The minimum absolute atomic E-state index is 0.0327. The Labute approximate surface area is 178 Å². The molecule has 156 valence electrons. The van der Waals surface area contributed by atoms with Crippen LogP contribution in [-0.2, 0) is 4.79 Å². The Morgan fingerprint density at radius 2 is 1.70 bits per heavy atom. The number of benzene rings is 2. The van der Waals surface area contributed by atoms with Crippen molar-refractivity contribution in [3.8, 4) is 22.8 Å². The van der Waals surface area contributed by atoms with E-state index in [-0.39, 0.29) is 5.76 Å². The van der Waals surface area contributed by atoms with Crippen LogP contribution in [0.25, 0.3) is 11.3 Å². The lowest BCUT2D eigenvalue weighted by Crippen LogP contribution is -2.47. The highest BCUT2D eigenvalue weighted by Crippen LogP contribution is 2.29. The van der Waals surface area contributed by atoms with Gasteiger partial charge < -0.3 is 13.9 Å². The van der Waals surface area contributed by atoms with Crippen LogP contribution in [0.2, 0.25) is 5.02 Å². The van der Waals surface area contributed by atoms with Crippen LogP contribution >= 0.6 is 11.6 Å². The van der Waals surface area contributed by atoms with Gasteiger partial charge in [0.05, 0.1) is 11.6 Å². The topological polar surface area (TPSA) is 89.8 Å². The maximum atomic E-state index is 12.3. The fraction of sp³-hybridized carbons (Fsp3) is 0.182. The van der Waals surface area contributed by atoms with E-state index >= 15 is 0 Å². The van der Waals surface area contributed by atoms with E-state index in [0.29, 0.717) is 34.5 Å². The van der Waals surface area contributed by atoms with Crippen LogP contribution in [0.1, 0.15) is 24.4 Å². The monoisotopic (exact) mass is 428 g/mol. The number of hydrogen-bond acceptors (Lipinski definition) is 5. The number of carbonyl (C=O) groups excluding carboxylic acids is 2. The van der Waals surface area contributed by atoms with Gasteiger partial charge in [-0.15, -0.1) is 0 Å². The number of hydrazine groups is 1. The third-order valence-corrected chi connectivity index (χ3v) is 4.41. The molecule has 1 unspecified atom stereocenters. The van der Waals surface area contributed by atoms with Gasteiger partial charge in [-0.25, -0.2) is 0 Å². The molecule has 1 heterocycles. The van der Waals surface area contributed by atoms with Gasteiger partial charge in [-0.3, -0.25) is 20.4 Å². The summed E-state index contributed by atoms with van der Waals surface area (Å²) in [5.41, 5.74) is 5.29. The number of amides is 2. The summed E-state index contributed by atoms with van der Waals surface area (Å²) in [7, 11) is 0. The summed E-state index contributed by atoms with van der Waals surface area (Å²) in [5, 5.41) is 0.507. The first-order chi connectivity index (χ1) is 14.5. The molecule has 1 atom stereocenters. The minimum atomic E-state index is -0.835. The van der Waals surface area contributed by atoms with Gasteiger partial charge in [0, 0.05) is 5.56 Å². The second-order valence-electron chi connectivity index (χ2n) is 6.25. The van der Waals surface area contributed by atoms with E-state index < -0.39 is 17.9 Å². The van der Waals surface area contributed by atoms with E-state index in [1.54, 1.807) is 55.5 Å². The Morgan fingerprint density at radius 3 is 2.40 bits per heavy atom. The quantitative estimate of drug-likeness (QED) is 0.550. The van der Waals surface area contributed by atoms with Gasteiger partial charge in [-0.05, 0) is 62.4 Å². The molecule has 2 N–H and O–H groups in total. The van der Waals surface area contributed by atoms with Crippen LogP contribution in [0.4, 0.5) is 0 Å². The molecule has 0 aliphatic rings. The molecule has 3 aromatic rings. The summed E-state index contributed by atoms with van der Waals surface area (Å²) in [6, 6.07) is 17.2. The summed E-state index contributed by atoms with van der Waals surface area (Å²) >= 11 is 6.14. The van der Waals surface area contributed by atoms with E-state index in [0.717, 1.165) is 0 Å². The largest absolute Gasteiger partial charge is 0.494 e. The van der Waals surface area contributed by atoms with E-state index in [1.165, 1.54) is 6.07 Å². The molecular weight excluding hydrogens is 408 g/mol. The Kier molecular flexibility index (Phi) is 6.98. The highest BCUT2D eigenvalue weighted by Gasteiger charge is 2.18. The molecule has 0 aliphatic heterocycles. The molecule has 0 radical (unpaired) electrons. The highest BCUT2D eigenvalue weighted by atomic mass is 35.5. The van der Waals surface area contributed by atoms with Gasteiger partial charge in [0.2, 0.25) is 0 Å². The second kappa shape index (κ2) is 9.84. The molecule has 1 aromatic heterocycles. The van der Waals surface area contributed by atoms with E-state index in [9.17, 15) is 9.59 Å². The first kappa shape index (κ1) is 21.3. The van der Waals surface area contributed by atoms with Crippen LogP contribution in [-0.4, -0.2) is 24.5 Å². The lowest BCUT2D eigenvalue weighted by molar-refractivity contribution is -0.128. The molecule has 3 rings (SSSR count). The van der Waals surface area contributed by atoms with E-state index in [1.807, 2.05) is 13.0 Å². The van der Waals surface area contributed by atoms with E-state index in [4.69, 9.17) is 25.5 Å². The maximum absolute atomic E-state index is 12.3. The van der Waals surface area contributed by atoms with Gasteiger partial charge in [-0.2, -0.15) is 0 Å². The zero-order valence-electron chi connectivity index (χ0n) is 16.5. The van der Waals surface area contributed by atoms with Crippen molar-refractivity contribution in [1.82, 2.24) is 10.9 Å². The Balaban J connectivity index is 1.53. The van der Waals surface area contributed by atoms with Crippen molar-refractivity contribution in [1.29, 1.82) is 0 Å². The molecule has 0 spiro atoms. The fourth-order valence-electron chi connectivity index (χ4n) is 2.59. The maximum Gasteiger partial charge on any atom is 0.305 e. The van der Waals surface area contributed by atoms with Crippen LogP contribution in [0.5, 0.6) is 11.5 Å². The van der Waals surface area contributed by atoms with Crippen molar-refractivity contribution in [3.63, 3.8) is 0 Å². The van der Waals surface area contributed by atoms with Gasteiger partial charge in [0.15, 0.2) is 11.9 Å². The Hall–Kier alpha value is -3.45. The average molecular weight is 429 g/mol. The molecule has 0 fully saturated rings. The van der Waals surface area contributed by atoms with Crippen LogP contribution in [0.3, 0.4) is 0 Å². The minimum Gasteiger partial charge on any atom is -0.494 e. The first-order valence-corrected chi connectivity index (χ1v) is 9.70. The number of carbonyl (C=O) groups is 2. The van der Waals surface area contributed by atoms with Crippen molar-refractivity contribution < 1.29 is 23.5 Å².